The number of ether oxygens (including phenoxy) is 2. The summed E-state index contributed by atoms with van der Waals surface area (Å²) < 4.78 is 12.8. The number of para-hydroxylation sites is 2. The minimum absolute atomic E-state index is 0.424. The van der Waals surface area contributed by atoms with E-state index in [-0.39, 0.29) is 0 Å². The Balaban J connectivity index is 1.64. The smallest absolute Gasteiger partial charge is 0.227 e. The Hall–Kier alpha value is -3.85. The summed E-state index contributed by atoms with van der Waals surface area (Å²) in [5.41, 5.74) is 11.1. The Morgan fingerprint density at radius 2 is 1.94 bits per heavy atom. The van der Waals surface area contributed by atoms with Crippen molar-refractivity contribution in [3.63, 3.8) is 0 Å². The van der Waals surface area contributed by atoms with Gasteiger partial charge in [0, 0.05) is 40.0 Å². The molecular weight excluding hydrogens is 406 g/mol. The molecule has 0 atom stereocenters. The molecule has 0 saturated heterocycles. The molecule has 0 spiro atoms. The number of methoxy groups -OCH3 is 2. The van der Waals surface area contributed by atoms with Gasteiger partial charge in [0.15, 0.2) is 5.82 Å². The number of likely N-dealkylation sites (N-methyl/N-ethyl adjacent to an activating group) is 1. The van der Waals surface area contributed by atoms with Gasteiger partial charge in [0.2, 0.25) is 5.95 Å². The highest BCUT2D eigenvalue weighted by Gasteiger charge is 2.15. The quantitative estimate of drug-likeness (QED) is 0.407. The standard InChI is InChI=1S/C23H27N7O2/c1-29(11-12-31-3)20-14-21(32-4)18(13-15(20)24)28-23-25-10-9-17(27-23)22-26-16-7-5-6-8-19(16)30(22)2/h5-10,13-14H,11-12,24H2,1-4H3,(H,25,27,28). The second-order valence-corrected chi connectivity index (χ2v) is 7.40. The number of nitrogen functional groups attached to an aromatic ring is 1. The monoisotopic (exact) mass is 433 g/mol. The molecule has 4 aromatic rings. The van der Waals surface area contributed by atoms with E-state index in [2.05, 4.69) is 15.3 Å². The van der Waals surface area contributed by atoms with Gasteiger partial charge in [-0.05, 0) is 24.3 Å². The van der Waals surface area contributed by atoms with Crippen molar-refractivity contribution in [2.45, 2.75) is 0 Å². The number of nitrogens with zero attached hydrogens (tertiary/aromatic N) is 5. The first-order valence-corrected chi connectivity index (χ1v) is 10.2. The van der Waals surface area contributed by atoms with Gasteiger partial charge in [0.05, 0.1) is 41.8 Å². The number of aromatic nitrogens is 4. The molecule has 4 rings (SSSR count). The number of imidazole rings is 1. The Bertz CT molecular complexity index is 1240. The van der Waals surface area contributed by atoms with E-state index in [0.29, 0.717) is 41.9 Å². The normalized spacial score (nSPS) is 11.0. The number of aryl methyl sites for hydroxylation is 1. The lowest BCUT2D eigenvalue weighted by molar-refractivity contribution is 0.206. The zero-order chi connectivity index (χ0) is 22.7. The highest BCUT2D eigenvalue weighted by molar-refractivity contribution is 5.81. The summed E-state index contributed by atoms with van der Waals surface area (Å²) >= 11 is 0. The fourth-order valence-electron chi connectivity index (χ4n) is 3.57. The summed E-state index contributed by atoms with van der Waals surface area (Å²) in [5.74, 6) is 1.82. The molecular formula is C23H27N7O2. The van der Waals surface area contributed by atoms with Crippen LogP contribution in [0.25, 0.3) is 22.6 Å². The third-order valence-electron chi connectivity index (χ3n) is 5.31. The van der Waals surface area contributed by atoms with E-state index in [4.69, 9.17) is 20.2 Å². The summed E-state index contributed by atoms with van der Waals surface area (Å²) in [6, 6.07) is 13.5. The first-order valence-electron chi connectivity index (χ1n) is 10.2. The van der Waals surface area contributed by atoms with Crippen molar-refractivity contribution < 1.29 is 9.47 Å². The van der Waals surface area contributed by atoms with E-state index < -0.39 is 0 Å². The minimum Gasteiger partial charge on any atom is -0.494 e. The van der Waals surface area contributed by atoms with Crippen LogP contribution in [-0.2, 0) is 11.8 Å². The van der Waals surface area contributed by atoms with Crippen molar-refractivity contribution in [3.05, 3.63) is 48.7 Å². The third-order valence-corrected chi connectivity index (χ3v) is 5.31. The second kappa shape index (κ2) is 9.11. The molecule has 166 valence electrons. The predicted molar refractivity (Wildman–Crippen MR) is 128 cm³/mol. The van der Waals surface area contributed by atoms with Gasteiger partial charge in [0.25, 0.3) is 0 Å². The number of rotatable bonds is 8. The van der Waals surface area contributed by atoms with Crippen LogP contribution >= 0.6 is 0 Å². The molecule has 0 radical (unpaired) electrons. The van der Waals surface area contributed by atoms with Crippen molar-refractivity contribution in [3.8, 4) is 17.3 Å². The van der Waals surface area contributed by atoms with E-state index in [1.165, 1.54) is 0 Å². The summed E-state index contributed by atoms with van der Waals surface area (Å²) in [7, 11) is 7.22. The Morgan fingerprint density at radius 1 is 1.12 bits per heavy atom. The van der Waals surface area contributed by atoms with Gasteiger partial charge < -0.3 is 30.0 Å². The number of anilines is 4. The van der Waals surface area contributed by atoms with Gasteiger partial charge >= 0.3 is 0 Å². The van der Waals surface area contributed by atoms with Crippen molar-refractivity contribution >= 4 is 34.0 Å². The minimum atomic E-state index is 0.424. The molecule has 0 bridgehead atoms. The molecule has 2 aromatic carbocycles. The SMILES string of the molecule is COCCN(C)c1cc(OC)c(Nc2nccc(-c3nc4ccccc4n3C)n2)cc1N. The van der Waals surface area contributed by atoms with Crippen LogP contribution in [0.3, 0.4) is 0 Å². The van der Waals surface area contributed by atoms with Crippen LogP contribution in [0.5, 0.6) is 5.75 Å². The molecule has 9 nitrogen and oxygen atoms in total. The first kappa shape index (κ1) is 21.4. The van der Waals surface area contributed by atoms with Gasteiger partial charge in [-0.25, -0.2) is 15.0 Å². The summed E-state index contributed by atoms with van der Waals surface area (Å²) in [6.45, 7) is 1.31. The van der Waals surface area contributed by atoms with Crippen molar-refractivity contribution in [2.75, 3.05) is 50.4 Å². The Labute approximate surface area is 186 Å². The highest BCUT2D eigenvalue weighted by atomic mass is 16.5. The summed E-state index contributed by atoms with van der Waals surface area (Å²) in [4.78, 5) is 15.8. The van der Waals surface area contributed by atoms with Gasteiger partial charge in [-0.1, -0.05) is 12.1 Å². The maximum Gasteiger partial charge on any atom is 0.227 e. The molecule has 0 fully saturated rings. The topological polar surface area (TPSA) is 103 Å². The number of fused-ring (bicyclic) bond motifs is 1. The van der Waals surface area contributed by atoms with E-state index in [1.54, 1.807) is 20.4 Å². The largest absolute Gasteiger partial charge is 0.494 e. The number of hydrogen-bond acceptors (Lipinski definition) is 8. The third kappa shape index (κ3) is 4.15. The van der Waals surface area contributed by atoms with Gasteiger partial charge in [-0.15, -0.1) is 0 Å². The lowest BCUT2D eigenvalue weighted by Crippen LogP contribution is -2.23. The van der Waals surface area contributed by atoms with Gasteiger partial charge in [-0.2, -0.15) is 0 Å². The molecule has 0 aliphatic rings. The molecule has 0 saturated carbocycles. The van der Waals surface area contributed by atoms with Gasteiger partial charge in [0.1, 0.15) is 11.4 Å². The molecule has 2 aromatic heterocycles. The number of nitrogens with two attached hydrogens (primary N) is 1. The van der Waals surface area contributed by atoms with E-state index in [0.717, 1.165) is 22.5 Å². The second-order valence-electron chi connectivity index (χ2n) is 7.40. The maximum atomic E-state index is 6.32. The van der Waals surface area contributed by atoms with Crippen LogP contribution in [0.2, 0.25) is 0 Å². The molecule has 0 aliphatic heterocycles. The summed E-state index contributed by atoms with van der Waals surface area (Å²) in [6.07, 6.45) is 1.70. The van der Waals surface area contributed by atoms with Crippen LogP contribution < -0.4 is 20.7 Å². The Morgan fingerprint density at radius 3 is 2.69 bits per heavy atom. The predicted octanol–water partition coefficient (Wildman–Crippen LogP) is 3.45. The van der Waals surface area contributed by atoms with Crippen molar-refractivity contribution in [1.82, 2.24) is 19.5 Å². The zero-order valence-corrected chi connectivity index (χ0v) is 18.7. The molecule has 2 heterocycles. The van der Waals surface area contributed by atoms with Gasteiger partial charge in [-0.3, -0.25) is 0 Å². The van der Waals surface area contributed by atoms with Crippen LogP contribution in [0.1, 0.15) is 0 Å². The average Bonchev–Trinajstić information content (AvgIpc) is 3.14. The van der Waals surface area contributed by atoms with Crippen LogP contribution in [0.15, 0.2) is 48.7 Å². The molecule has 0 amide bonds. The van der Waals surface area contributed by atoms with Crippen LogP contribution in [0, 0.1) is 0 Å². The number of nitrogens with one attached hydrogen (secondary N) is 1. The highest BCUT2D eigenvalue weighted by Crippen LogP contribution is 2.36. The molecule has 9 heteroatoms. The number of benzene rings is 2. The number of hydrogen-bond donors (Lipinski definition) is 2. The zero-order valence-electron chi connectivity index (χ0n) is 18.7. The lowest BCUT2D eigenvalue weighted by atomic mass is 10.2. The maximum absolute atomic E-state index is 6.32. The average molecular weight is 434 g/mol. The van der Waals surface area contributed by atoms with E-state index in [9.17, 15) is 0 Å². The molecule has 3 N–H and O–H groups in total. The molecule has 0 aliphatic carbocycles. The lowest BCUT2D eigenvalue weighted by Gasteiger charge is -2.22. The molecule has 32 heavy (non-hydrogen) atoms. The fraction of sp³-hybridized carbons (Fsp3) is 0.261. The first-order chi connectivity index (χ1) is 15.5. The van der Waals surface area contributed by atoms with E-state index in [1.807, 2.05) is 66.0 Å². The van der Waals surface area contributed by atoms with Crippen LogP contribution in [0.4, 0.5) is 23.0 Å². The van der Waals surface area contributed by atoms with Crippen molar-refractivity contribution in [2.24, 2.45) is 7.05 Å². The fourth-order valence-corrected chi connectivity index (χ4v) is 3.57. The van der Waals surface area contributed by atoms with E-state index >= 15 is 0 Å². The Kier molecular flexibility index (Phi) is 6.09. The van der Waals surface area contributed by atoms with Crippen molar-refractivity contribution in [1.29, 1.82) is 0 Å². The molecule has 0 unspecified atom stereocenters. The van der Waals surface area contributed by atoms with Crippen LogP contribution in [-0.4, -0.2) is 53.9 Å². The summed E-state index contributed by atoms with van der Waals surface area (Å²) in [5, 5.41) is 3.23.